The van der Waals surface area contributed by atoms with Crippen LogP contribution in [0.1, 0.15) is 5.56 Å². The molecule has 4 aromatic heterocycles. The first-order valence-corrected chi connectivity index (χ1v) is 14.5. The second-order valence-electron chi connectivity index (χ2n) is 11.2. The van der Waals surface area contributed by atoms with E-state index in [4.69, 9.17) is 9.40 Å². The molecule has 0 radical (unpaired) electrons. The Balaban J connectivity index is 1.35. The molecule has 0 aliphatic rings. The number of imidazole rings is 2. The molecule has 0 aliphatic heterocycles. The Kier molecular flexibility index (Phi) is 4.43. The lowest BCUT2D eigenvalue weighted by atomic mass is 10.1. The van der Waals surface area contributed by atoms with Gasteiger partial charge in [0.25, 0.3) is 0 Å². The van der Waals surface area contributed by atoms with E-state index in [2.05, 4.69) is 111 Å². The molecule has 0 saturated carbocycles. The van der Waals surface area contributed by atoms with Crippen molar-refractivity contribution in [1.29, 1.82) is 5.26 Å². The molecule has 0 N–H and O–H groups in total. The van der Waals surface area contributed by atoms with E-state index < -0.39 is 0 Å². The maximum absolute atomic E-state index is 9.66. The van der Waals surface area contributed by atoms with Gasteiger partial charge < -0.3 is 8.98 Å². The van der Waals surface area contributed by atoms with Crippen LogP contribution in [0.4, 0.5) is 0 Å². The maximum atomic E-state index is 9.66. The van der Waals surface area contributed by atoms with Gasteiger partial charge in [-0.25, -0.2) is 4.98 Å². The van der Waals surface area contributed by atoms with Crippen LogP contribution in [0.25, 0.3) is 83.0 Å². The summed E-state index contributed by atoms with van der Waals surface area (Å²) in [5, 5.41) is 14.0. The minimum Gasteiger partial charge on any atom is -0.456 e. The molecule has 0 spiro atoms. The molecule has 10 rings (SSSR count). The highest BCUT2D eigenvalue weighted by molar-refractivity contribution is 6.12. The van der Waals surface area contributed by atoms with Crippen LogP contribution in [0.5, 0.6) is 0 Å². The van der Waals surface area contributed by atoms with Crippen LogP contribution < -0.4 is 0 Å². The third-order valence-corrected chi connectivity index (χ3v) is 8.87. The summed E-state index contributed by atoms with van der Waals surface area (Å²) in [5.74, 6) is 0.818. The normalized spacial score (nSPS) is 12.1. The first-order chi connectivity index (χ1) is 21.8. The summed E-state index contributed by atoms with van der Waals surface area (Å²) in [6, 6.07) is 46.1. The summed E-state index contributed by atoms with van der Waals surface area (Å²) in [4.78, 5) is 5.16. The largest absolute Gasteiger partial charge is 0.456 e. The van der Waals surface area contributed by atoms with Gasteiger partial charge in [0.05, 0.1) is 55.8 Å². The zero-order valence-electron chi connectivity index (χ0n) is 23.3. The first-order valence-electron chi connectivity index (χ1n) is 14.5. The van der Waals surface area contributed by atoms with E-state index in [0.717, 1.165) is 61.2 Å². The van der Waals surface area contributed by atoms with E-state index in [9.17, 15) is 5.26 Å². The van der Waals surface area contributed by atoms with Crippen LogP contribution in [0.15, 0.2) is 132 Å². The zero-order valence-corrected chi connectivity index (χ0v) is 23.3. The van der Waals surface area contributed by atoms with Crippen molar-refractivity contribution < 1.29 is 4.42 Å². The average Bonchev–Trinajstić information content (AvgIpc) is 3.81. The van der Waals surface area contributed by atoms with E-state index in [-0.39, 0.29) is 0 Å². The molecule has 0 atom stereocenters. The highest BCUT2D eigenvalue weighted by Gasteiger charge is 2.22. The number of rotatable bonds is 2. The number of para-hydroxylation sites is 4. The smallest absolute Gasteiger partial charge is 0.220 e. The van der Waals surface area contributed by atoms with Crippen molar-refractivity contribution in [3.05, 3.63) is 133 Å². The van der Waals surface area contributed by atoms with Crippen LogP contribution in [-0.4, -0.2) is 18.5 Å². The van der Waals surface area contributed by atoms with E-state index in [1.54, 1.807) is 6.07 Å². The van der Waals surface area contributed by atoms with Crippen molar-refractivity contribution in [2.75, 3.05) is 0 Å². The Morgan fingerprint density at radius 2 is 1.32 bits per heavy atom. The van der Waals surface area contributed by atoms with Gasteiger partial charge in [0, 0.05) is 21.8 Å². The lowest BCUT2D eigenvalue weighted by Crippen LogP contribution is -1.97. The Morgan fingerprint density at radius 1 is 0.568 bits per heavy atom. The van der Waals surface area contributed by atoms with E-state index in [1.165, 1.54) is 21.8 Å². The first kappa shape index (κ1) is 23.3. The quantitative estimate of drug-likeness (QED) is 0.211. The number of aromatic nitrogens is 4. The van der Waals surface area contributed by atoms with Gasteiger partial charge in [0.2, 0.25) is 5.78 Å². The molecule has 204 valence electrons. The summed E-state index contributed by atoms with van der Waals surface area (Å²) in [6.07, 6.45) is 0. The van der Waals surface area contributed by atoms with Gasteiger partial charge in [-0.15, -0.1) is 0 Å². The minimum absolute atomic E-state index is 0.597. The van der Waals surface area contributed by atoms with Crippen molar-refractivity contribution in [3.63, 3.8) is 0 Å². The molecular weight excluding hydrogens is 542 g/mol. The molecule has 0 fully saturated rings. The molecule has 0 bridgehead atoms. The molecule has 10 aromatic rings. The van der Waals surface area contributed by atoms with Crippen molar-refractivity contribution in [2.24, 2.45) is 0 Å². The highest BCUT2D eigenvalue weighted by Crippen LogP contribution is 2.39. The number of fused-ring (bicyclic) bond motifs is 11. The number of benzene rings is 6. The zero-order chi connectivity index (χ0) is 28.9. The topological polar surface area (TPSA) is 64.1 Å². The molecule has 6 aromatic carbocycles. The van der Waals surface area contributed by atoms with Gasteiger partial charge in [0.1, 0.15) is 11.2 Å². The molecule has 44 heavy (non-hydrogen) atoms. The predicted molar refractivity (Wildman–Crippen MR) is 176 cm³/mol. The molecule has 0 amide bonds. The fraction of sp³-hybridized carbons (Fsp3) is 0. The number of furan rings is 1. The second kappa shape index (κ2) is 8.37. The average molecular weight is 564 g/mol. The van der Waals surface area contributed by atoms with Crippen LogP contribution in [0, 0.1) is 11.3 Å². The fourth-order valence-corrected chi connectivity index (χ4v) is 7.03. The van der Waals surface area contributed by atoms with Crippen LogP contribution in [0.2, 0.25) is 0 Å². The van der Waals surface area contributed by atoms with E-state index in [0.29, 0.717) is 5.56 Å². The SMILES string of the molecule is N#Cc1ccc2oc3cccc(-n4c5ccc(-n6c7ccccc7c7ccccc76)cc5n5c6ccccc6nc45)c3c2c1. The summed E-state index contributed by atoms with van der Waals surface area (Å²) in [6.45, 7) is 0. The van der Waals surface area contributed by atoms with Crippen molar-refractivity contribution in [2.45, 2.75) is 0 Å². The fourth-order valence-electron chi connectivity index (χ4n) is 7.03. The molecule has 0 saturated heterocycles. The van der Waals surface area contributed by atoms with Gasteiger partial charge in [-0.3, -0.25) is 8.97 Å². The Labute approximate surface area is 249 Å². The number of hydrogen-bond donors (Lipinski definition) is 0. The Hall–Kier alpha value is -6.32. The molecule has 6 heteroatoms. The minimum atomic E-state index is 0.597. The van der Waals surface area contributed by atoms with Gasteiger partial charge >= 0.3 is 0 Å². The van der Waals surface area contributed by atoms with Crippen molar-refractivity contribution >= 4 is 71.6 Å². The highest BCUT2D eigenvalue weighted by atomic mass is 16.3. The van der Waals surface area contributed by atoms with Crippen LogP contribution in [-0.2, 0) is 0 Å². The molecular formula is C38H21N5O. The summed E-state index contributed by atoms with van der Waals surface area (Å²) < 4.78 is 13.1. The summed E-state index contributed by atoms with van der Waals surface area (Å²) in [5.41, 5.74) is 10.5. The van der Waals surface area contributed by atoms with Gasteiger partial charge in [-0.1, -0.05) is 54.6 Å². The monoisotopic (exact) mass is 563 g/mol. The molecule has 0 unspecified atom stereocenters. The molecule has 0 aliphatic carbocycles. The molecule has 4 heterocycles. The van der Waals surface area contributed by atoms with Gasteiger partial charge in [-0.2, -0.15) is 5.26 Å². The van der Waals surface area contributed by atoms with E-state index >= 15 is 0 Å². The van der Waals surface area contributed by atoms with Gasteiger partial charge in [-0.05, 0) is 72.8 Å². The Morgan fingerprint density at radius 3 is 2.11 bits per heavy atom. The third kappa shape index (κ3) is 2.95. The number of nitrogens with zero attached hydrogens (tertiary/aromatic N) is 5. The standard InChI is InChI=1S/C38H21N5O/c39-22-23-16-19-35-27(20-23)37-33(14-7-15-36(37)44-35)43-32-18-17-24(21-34(32)42-31-13-6-3-10-28(31)40-38(42)43)41-29-11-4-1-8-25(29)26-9-2-5-12-30(26)41/h1-21H. The van der Waals surface area contributed by atoms with Gasteiger partial charge in [0.15, 0.2) is 0 Å². The van der Waals surface area contributed by atoms with Crippen LogP contribution in [0.3, 0.4) is 0 Å². The number of hydrogen-bond acceptors (Lipinski definition) is 3. The maximum Gasteiger partial charge on any atom is 0.220 e. The second-order valence-corrected chi connectivity index (χ2v) is 11.2. The lowest BCUT2D eigenvalue weighted by molar-refractivity contribution is 0.669. The summed E-state index contributed by atoms with van der Waals surface area (Å²) >= 11 is 0. The van der Waals surface area contributed by atoms with E-state index in [1.807, 2.05) is 30.3 Å². The number of nitriles is 1. The Bertz CT molecular complexity index is 2800. The third-order valence-electron chi connectivity index (χ3n) is 8.87. The predicted octanol–water partition coefficient (Wildman–Crippen LogP) is 9.30. The summed E-state index contributed by atoms with van der Waals surface area (Å²) in [7, 11) is 0. The van der Waals surface area contributed by atoms with Crippen LogP contribution >= 0.6 is 0 Å². The lowest BCUT2D eigenvalue weighted by Gasteiger charge is -2.10. The molecule has 6 nitrogen and oxygen atoms in total. The van der Waals surface area contributed by atoms with Crippen molar-refractivity contribution in [3.8, 4) is 17.4 Å². The van der Waals surface area contributed by atoms with Crippen molar-refractivity contribution in [1.82, 2.24) is 18.5 Å².